The molecule has 8 aromatic carbocycles. The Balaban J connectivity index is 1.22. The van der Waals surface area contributed by atoms with Gasteiger partial charge in [0.2, 0.25) is 11.6 Å². The Kier molecular flexibility index (Phi) is 5.91. The monoisotopic (exact) mass is 636 g/mol. The second kappa shape index (κ2) is 9.74. The van der Waals surface area contributed by atoms with Gasteiger partial charge in [0, 0.05) is 11.1 Å². The second-order valence-corrected chi connectivity index (χ2v) is 13.0. The Hall–Kier alpha value is -5.06. The summed E-state index contributed by atoms with van der Waals surface area (Å²) in [5.74, 6) is -2.46. The van der Waals surface area contributed by atoms with Crippen LogP contribution in [-0.2, 0) is 0 Å². The van der Waals surface area contributed by atoms with Crippen LogP contribution in [0.25, 0.3) is 64.6 Å². The highest BCUT2D eigenvalue weighted by atomic mass is 16.4. The van der Waals surface area contributed by atoms with Crippen molar-refractivity contribution >= 4 is 76.2 Å². The van der Waals surface area contributed by atoms with Gasteiger partial charge in [-0.25, -0.2) is 0 Å². The molecule has 9 rings (SSSR count). The molecule has 48 heavy (non-hydrogen) atoms. The number of carbonyl (C=O) groups is 2. The first-order valence-corrected chi connectivity index (χ1v) is 15.7. The van der Waals surface area contributed by atoms with Gasteiger partial charge in [0.05, 0.1) is 0 Å². The highest BCUT2D eigenvalue weighted by molar-refractivity contribution is 6.29. The zero-order valence-corrected chi connectivity index (χ0v) is 25.2. The SMILES string of the molecule is O=C(c1ccc2ccc3cccc4ccc1c2c34)[C@@]1(O)C(O)[C@@](O)(C(=O)c2ccc3ccc4cccc5ccc2c3c45)[C@@H](O)C(O)[C@H]1O. The van der Waals surface area contributed by atoms with Gasteiger partial charge in [-0.05, 0) is 64.6 Å². The van der Waals surface area contributed by atoms with Crippen LogP contribution >= 0.6 is 0 Å². The molecule has 0 amide bonds. The van der Waals surface area contributed by atoms with Crippen molar-refractivity contribution in [3.63, 3.8) is 0 Å². The molecule has 8 aromatic rings. The first-order chi connectivity index (χ1) is 23.1. The Morgan fingerprint density at radius 2 is 0.750 bits per heavy atom. The number of aliphatic hydroxyl groups excluding tert-OH is 4. The van der Waals surface area contributed by atoms with Gasteiger partial charge in [-0.15, -0.1) is 0 Å². The lowest BCUT2D eigenvalue weighted by Gasteiger charge is -2.52. The summed E-state index contributed by atoms with van der Waals surface area (Å²) in [6.07, 6.45) is -10.1. The maximum Gasteiger partial charge on any atom is 0.200 e. The van der Waals surface area contributed by atoms with E-state index in [1.165, 1.54) is 12.1 Å². The molecule has 1 fully saturated rings. The molecule has 1 aliphatic carbocycles. The largest absolute Gasteiger partial charge is 0.387 e. The van der Waals surface area contributed by atoms with Gasteiger partial charge in [0.25, 0.3) is 0 Å². The number of ketones is 2. The molecular weight excluding hydrogens is 608 g/mol. The summed E-state index contributed by atoms with van der Waals surface area (Å²) in [4.78, 5) is 28.9. The normalized spacial score (nSPS) is 26.5. The summed E-state index contributed by atoms with van der Waals surface area (Å²) in [7, 11) is 0. The summed E-state index contributed by atoms with van der Waals surface area (Å²) in [5.41, 5.74) is -6.84. The fourth-order valence-electron chi connectivity index (χ4n) is 8.17. The summed E-state index contributed by atoms with van der Waals surface area (Å²) >= 11 is 0. The molecule has 0 aromatic heterocycles. The van der Waals surface area contributed by atoms with E-state index in [0.717, 1.165) is 43.1 Å². The van der Waals surface area contributed by atoms with E-state index in [9.17, 15) is 40.2 Å². The number of hydrogen-bond donors (Lipinski definition) is 6. The van der Waals surface area contributed by atoms with E-state index in [1.807, 2.05) is 72.8 Å². The molecule has 0 aliphatic heterocycles. The van der Waals surface area contributed by atoms with Crippen molar-refractivity contribution in [1.82, 2.24) is 0 Å². The van der Waals surface area contributed by atoms with Gasteiger partial charge in [-0.2, -0.15) is 0 Å². The van der Waals surface area contributed by atoms with Crippen molar-refractivity contribution in [3.05, 3.63) is 120 Å². The number of hydrogen-bond acceptors (Lipinski definition) is 8. The van der Waals surface area contributed by atoms with E-state index in [0.29, 0.717) is 21.5 Å². The van der Waals surface area contributed by atoms with E-state index in [1.54, 1.807) is 24.3 Å². The minimum absolute atomic E-state index is 0.109. The van der Waals surface area contributed by atoms with Crippen LogP contribution in [0.1, 0.15) is 20.7 Å². The first kappa shape index (κ1) is 29.1. The number of aliphatic hydroxyl groups is 6. The van der Waals surface area contributed by atoms with Gasteiger partial charge < -0.3 is 30.6 Å². The fraction of sp³-hybridized carbons (Fsp3) is 0.150. The Morgan fingerprint density at radius 3 is 1.12 bits per heavy atom. The molecule has 1 saturated carbocycles. The zero-order valence-electron chi connectivity index (χ0n) is 25.2. The van der Waals surface area contributed by atoms with Crippen LogP contribution in [0.2, 0.25) is 0 Å². The van der Waals surface area contributed by atoms with E-state index < -0.39 is 47.2 Å². The van der Waals surface area contributed by atoms with Crippen molar-refractivity contribution in [2.75, 3.05) is 0 Å². The molecule has 0 spiro atoms. The second-order valence-electron chi connectivity index (χ2n) is 13.0. The summed E-state index contributed by atoms with van der Waals surface area (Å²) in [5, 5.41) is 78.5. The van der Waals surface area contributed by atoms with Crippen LogP contribution in [0, 0.1) is 0 Å². The van der Waals surface area contributed by atoms with Crippen molar-refractivity contribution in [2.45, 2.75) is 35.6 Å². The lowest BCUT2D eigenvalue weighted by Crippen LogP contribution is -2.80. The van der Waals surface area contributed by atoms with E-state index in [2.05, 4.69) is 0 Å². The molecule has 0 radical (unpaired) electrons. The van der Waals surface area contributed by atoms with Gasteiger partial charge in [0.1, 0.15) is 24.4 Å². The topological polar surface area (TPSA) is 156 Å². The third kappa shape index (κ3) is 3.48. The van der Waals surface area contributed by atoms with Crippen molar-refractivity contribution in [1.29, 1.82) is 0 Å². The van der Waals surface area contributed by atoms with Crippen LogP contribution in [0.3, 0.4) is 0 Å². The summed E-state index contributed by atoms with van der Waals surface area (Å²) < 4.78 is 0. The Bertz CT molecular complexity index is 2420. The lowest BCUT2D eigenvalue weighted by molar-refractivity contribution is -0.271. The lowest BCUT2D eigenvalue weighted by atomic mass is 9.62. The molecule has 8 nitrogen and oxygen atoms in total. The molecule has 0 bridgehead atoms. The molecule has 8 heteroatoms. The predicted molar refractivity (Wildman–Crippen MR) is 183 cm³/mol. The van der Waals surface area contributed by atoms with Crippen LogP contribution in [-0.4, -0.2) is 77.8 Å². The van der Waals surface area contributed by atoms with Gasteiger partial charge in [-0.3, -0.25) is 9.59 Å². The number of Topliss-reactive ketones (excluding diaryl/α,β-unsaturated/α-hetero) is 2. The molecule has 2 unspecified atom stereocenters. The molecular formula is C40H28O8. The maximum absolute atomic E-state index is 14.4. The van der Waals surface area contributed by atoms with Crippen LogP contribution in [0.5, 0.6) is 0 Å². The zero-order chi connectivity index (χ0) is 33.3. The highest BCUT2D eigenvalue weighted by Crippen LogP contribution is 2.45. The minimum atomic E-state index is -3.31. The van der Waals surface area contributed by atoms with E-state index >= 15 is 0 Å². The van der Waals surface area contributed by atoms with Crippen molar-refractivity contribution < 1.29 is 40.2 Å². The maximum atomic E-state index is 14.4. The molecule has 0 heterocycles. The molecule has 6 atom stereocenters. The highest BCUT2D eigenvalue weighted by Gasteiger charge is 2.70. The number of rotatable bonds is 4. The third-order valence-corrected chi connectivity index (χ3v) is 10.7. The smallest absolute Gasteiger partial charge is 0.200 e. The standard InChI is InChI=1S/C40H28O8/c41-33-36(44)39(47,34(42)27-17-13-23-9-7-19-3-1-5-21-11-15-25(27)31(23)29(19)21)38(46)40(48,37(33)45)35(43)28-18-14-24-10-8-20-4-2-6-22-12-16-26(28)32(24)30(20)22/h1-18,33,36-38,41,44-48H/t33?,36-,37+,38?,39+,40-. The number of carbonyl (C=O) groups excluding carboxylic acids is 2. The van der Waals surface area contributed by atoms with E-state index in [-0.39, 0.29) is 11.1 Å². The molecule has 0 saturated heterocycles. The fourth-order valence-corrected chi connectivity index (χ4v) is 8.17. The first-order valence-electron chi connectivity index (χ1n) is 15.7. The summed E-state index contributed by atoms with van der Waals surface area (Å²) in [6, 6.07) is 32.4. The van der Waals surface area contributed by atoms with Crippen LogP contribution < -0.4 is 0 Å². The Morgan fingerprint density at radius 1 is 0.438 bits per heavy atom. The minimum Gasteiger partial charge on any atom is -0.387 e. The van der Waals surface area contributed by atoms with E-state index in [4.69, 9.17) is 0 Å². The number of benzene rings is 8. The van der Waals surface area contributed by atoms with Gasteiger partial charge in [0.15, 0.2) is 11.2 Å². The molecule has 236 valence electrons. The summed E-state index contributed by atoms with van der Waals surface area (Å²) in [6.45, 7) is 0. The third-order valence-electron chi connectivity index (χ3n) is 10.7. The quantitative estimate of drug-likeness (QED) is 0.122. The predicted octanol–water partition coefficient (Wildman–Crippen LogP) is 4.47. The molecule has 6 N–H and O–H groups in total. The van der Waals surface area contributed by atoms with Crippen molar-refractivity contribution in [3.8, 4) is 0 Å². The van der Waals surface area contributed by atoms with Crippen molar-refractivity contribution in [2.24, 2.45) is 0 Å². The Labute approximate surface area is 272 Å². The van der Waals surface area contributed by atoms with Crippen LogP contribution in [0.15, 0.2) is 109 Å². The van der Waals surface area contributed by atoms with Gasteiger partial charge >= 0.3 is 0 Å². The van der Waals surface area contributed by atoms with Crippen LogP contribution in [0.4, 0.5) is 0 Å². The average Bonchev–Trinajstić information content (AvgIpc) is 3.12. The van der Waals surface area contributed by atoms with Gasteiger partial charge in [-0.1, -0.05) is 109 Å². The average molecular weight is 637 g/mol. The molecule has 1 aliphatic rings.